The number of nitrogens with zero attached hydrogens (tertiary/aromatic N) is 5. The molecular formula is C14H15N5O. The second-order valence-electron chi connectivity index (χ2n) is 4.42. The lowest BCUT2D eigenvalue weighted by Gasteiger charge is -2.20. The maximum absolute atomic E-state index is 5.39. The number of ether oxygens (including phenoxy) is 1. The van der Waals surface area contributed by atoms with Crippen LogP contribution in [0.4, 0.5) is 11.5 Å². The number of methoxy groups -OCH3 is 1. The molecule has 0 aliphatic rings. The molecule has 0 aliphatic carbocycles. The van der Waals surface area contributed by atoms with E-state index in [9.17, 15) is 0 Å². The van der Waals surface area contributed by atoms with Gasteiger partial charge in [0, 0.05) is 19.4 Å². The zero-order chi connectivity index (χ0) is 14.1. The average Bonchev–Trinajstić information content (AvgIpc) is 2.88. The lowest BCUT2D eigenvalue weighted by atomic mass is 10.2. The quantitative estimate of drug-likeness (QED) is 0.729. The number of benzene rings is 1. The van der Waals surface area contributed by atoms with Gasteiger partial charge in [0.2, 0.25) is 5.65 Å². The molecule has 20 heavy (non-hydrogen) atoms. The molecule has 6 nitrogen and oxygen atoms in total. The fourth-order valence-electron chi connectivity index (χ4n) is 2.19. The van der Waals surface area contributed by atoms with Gasteiger partial charge in [0.15, 0.2) is 5.82 Å². The van der Waals surface area contributed by atoms with Crippen molar-refractivity contribution in [2.24, 2.45) is 0 Å². The fourth-order valence-corrected chi connectivity index (χ4v) is 2.19. The molecule has 0 saturated carbocycles. The first kappa shape index (κ1) is 12.4. The van der Waals surface area contributed by atoms with Crippen molar-refractivity contribution in [1.82, 2.24) is 19.6 Å². The van der Waals surface area contributed by atoms with Gasteiger partial charge in [0.05, 0.1) is 12.8 Å². The third-order valence-corrected chi connectivity index (χ3v) is 3.24. The first-order valence-electron chi connectivity index (χ1n) is 6.25. The lowest BCUT2D eigenvalue weighted by Crippen LogP contribution is -2.13. The summed E-state index contributed by atoms with van der Waals surface area (Å²) in [6.45, 7) is 1.91. The minimum atomic E-state index is 0.721. The minimum Gasteiger partial charge on any atom is -0.495 e. The van der Waals surface area contributed by atoms with Crippen LogP contribution >= 0.6 is 0 Å². The Hall–Kier alpha value is -2.63. The summed E-state index contributed by atoms with van der Waals surface area (Å²) in [6.07, 6.45) is 3.59. The molecule has 0 N–H and O–H groups in total. The third kappa shape index (κ3) is 1.85. The molecule has 6 heteroatoms. The summed E-state index contributed by atoms with van der Waals surface area (Å²) >= 11 is 0. The summed E-state index contributed by atoms with van der Waals surface area (Å²) in [7, 11) is 3.59. The number of rotatable bonds is 3. The Kier molecular flexibility index (Phi) is 2.98. The monoisotopic (exact) mass is 269 g/mol. The zero-order valence-electron chi connectivity index (χ0n) is 11.6. The number of hydrogen-bond acceptors (Lipinski definition) is 5. The van der Waals surface area contributed by atoms with Crippen LogP contribution in [-0.2, 0) is 0 Å². The first-order chi connectivity index (χ1) is 9.72. The van der Waals surface area contributed by atoms with Gasteiger partial charge in [0.1, 0.15) is 11.6 Å². The Morgan fingerprint density at radius 1 is 1.20 bits per heavy atom. The van der Waals surface area contributed by atoms with Crippen LogP contribution in [0.2, 0.25) is 0 Å². The van der Waals surface area contributed by atoms with Gasteiger partial charge in [-0.2, -0.15) is 0 Å². The van der Waals surface area contributed by atoms with Crippen molar-refractivity contribution in [2.75, 3.05) is 19.1 Å². The highest BCUT2D eigenvalue weighted by atomic mass is 16.5. The van der Waals surface area contributed by atoms with E-state index in [1.807, 2.05) is 53.7 Å². The van der Waals surface area contributed by atoms with Crippen LogP contribution in [0, 0.1) is 6.92 Å². The van der Waals surface area contributed by atoms with E-state index < -0.39 is 0 Å². The largest absolute Gasteiger partial charge is 0.495 e. The highest BCUT2D eigenvalue weighted by Gasteiger charge is 2.15. The van der Waals surface area contributed by atoms with Gasteiger partial charge in [-0.25, -0.2) is 4.98 Å². The van der Waals surface area contributed by atoms with E-state index in [-0.39, 0.29) is 0 Å². The van der Waals surface area contributed by atoms with Crippen molar-refractivity contribution in [1.29, 1.82) is 0 Å². The van der Waals surface area contributed by atoms with E-state index in [0.717, 1.165) is 28.7 Å². The number of fused-ring (bicyclic) bond motifs is 1. The molecule has 0 radical (unpaired) electrons. The standard InChI is InChI=1S/C14H15N5O/c1-10-16-17-14-13(15-8-9-19(10)14)18(2)11-6-4-5-7-12(11)20-3/h4-9H,1-3H3. The van der Waals surface area contributed by atoms with Crippen LogP contribution in [0.1, 0.15) is 5.82 Å². The zero-order valence-corrected chi connectivity index (χ0v) is 11.6. The third-order valence-electron chi connectivity index (χ3n) is 3.24. The second kappa shape index (κ2) is 4.80. The molecule has 0 atom stereocenters. The molecule has 0 unspecified atom stereocenters. The maximum Gasteiger partial charge on any atom is 0.204 e. The van der Waals surface area contributed by atoms with Gasteiger partial charge in [0.25, 0.3) is 0 Å². The van der Waals surface area contributed by atoms with Crippen LogP contribution in [0.5, 0.6) is 5.75 Å². The molecule has 2 heterocycles. The van der Waals surface area contributed by atoms with Crippen LogP contribution in [0.15, 0.2) is 36.7 Å². The molecule has 0 aliphatic heterocycles. The fraction of sp³-hybridized carbons (Fsp3) is 0.214. The van der Waals surface area contributed by atoms with Crippen LogP contribution in [-0.4, -0.2) is 33.7 Å². The second-order valence-corrected chi connectivity index (χ2v) is 4.42. The molecule has 102 valence electrons. The van der Waals surface area contributed by atoms with Crippen LogP contribution in [0.3, 0.4) is 0 Å². The summed E-state index contributed by atoms with van der Waals surface area (Å²) in [5.41, 5.74) is 1.65. The Morgan fingerprint density at radius 2 is 2.00 bits per heavy atom. The predicted molar refractivity (Wildman–Crippen MR) is 76.6 cm³/mol. The number of hydrogen-bond donors (Lipinski definition) is 0. The van der Waals surface area contributed by atoms with E-state index in [1.165, 1.54) is 0 Å². The van der Waals surface area contributed by atoms with E-state index in [0.29, 0.717) is 0 Å². The lowest BCUT2D eigenvalue weighted by molar-refractivity contribution is 0.415. The first-order valence-corrected chi connectivity index (χ1v) is 6.25. The van der Waals surface area contributed by atoms with Gasteiger partial charge >= 0.3 is 0 Å². The molecule has 3 aromatic rings. The van der Waals surface area contributed by atoms with Gasteiger partial charge in [-0.05, 0) is 19.1 Å². The summed E-state index contributed by atoms with van der Waals surface area (Å²) in [4.78, 5) is 6.37. The van der Waals surface area contributed by atoms with E-state index in [1.54, 1.807) is 13.3 Å². The van der Waals surface area contributed by atoms with Crippen molar-refractivity contribution in [3.8, 4) is 5.75 Å². The maximum atomic E-state index is 5.39. The average molecular weight is 269 g/mol. The Balaban J connectivity index is 2.15. The van der Waals surface area contributed by atoms with Crippen molar-refractivity contribution in [3.05, 3.63) is 42.5 Å². The van der Waals surface area contributed by atoms with Gasteiger partial charge < -0.3 is 9.64 Å². The number of aryl methyl sites for hydroxylation is 1. The molecule has 3 rings (SSSR count). The van der Waals surface area contributed by atoms with Crippen molar-refractivity contribution >= 4 is 17.2 Å². The van der Waals surface area contributed by atoms with E-state index in [2.05, 4.69) is 15.2 Å². The van der Waals surface area contributed by atoms with Gasteiger partial charge in [-0.3, -0.25) is 4.40 Å². The van der Waals surface area contributed by atoms with E-state index >= 15 is 0 Å². The molecule has 1 aromatic carbocycles. The van der Waals surface area contributed by atoms with Crippen molar-refractivity contribution in [2.45, 2.75) is 6.92 Å². The Bertz CT molecular complexity index is 752. The van der Waals surface area contributed by atoms with Crippen molar-refractivity contribution < 1.29 is 4.74 Å². The summed E-state index contributed by atoms with van der Waals surface area (Å²) in [5.74, 6) is 2.35. The molecule has 0 saturated heterocycles. The van der Waals surface area contributed by atoms with Crippen molar-refractivity contribution in [3.63, 3.8) is 0 Å². The smallest absolute Gasteiger partial charge is 0.204 e. The Labute approximate surface area is 116 Å². The summed E-state index contributed by atoms with van der Waals surface area (Å²) in [5, 5.41) is 8.28. The van der Waals surface area contributed by atoms with E-state index in [4.69, 9.17) is 4.74 Å². The number of aromatic nitrogens is 4. The van der Waals surface area contributed by atoms with Gasteiger partial charge in [-0.1, -0.05) is 12.1 Å². The normalized spacial score (nSPS) is 10.8. The summed E-state index contributed by atoms with van der Waals surface area (Å²) < 4.78 is 7.30. The molecule has 0 spiro atoms. The van der Waals surface area contributed by atoms with Gasteiger partial charge in [-0.15, -0.1) is 10.2 Å². The van der Waals surface area contributed by atoms with Crippen LogP contribution in [0.25, 0.3) is 5.65 Å². The molecular weight excluding hydrogens is 254 g/mol. The molecule has 0 fully saturated rings. The number of anilines is 2. The Morgan fingerprint density at radius 3 is 2.80 bits per heavy atom. The van der Waals surface area contributed by atoms with Crippen LogP contribution < -0.4 is 9.64 Å². The molecule has 0 amide bonds. The number of para-hydroxylation sites is 2. The topological polar surface area (TPSA) is 55.5 Å². The highest BCUT2D eigenvalue weighted by Crippen LogP contribution is 2.32. The molecule has 2 aromatic heterocycles. The molecule has 0 bridgehead atoms. The SMILES string of the molecule is COc1ccccc1N(C)c1nccn2c(C)nnc12. The summed E-state index contributed by atoms with van der Waals surface area (Å²) in [6, 6.07) is 7.79. The minimum absolute atomic E-state index is 0.721. The predicted octanol–water partition coefficient (Wildman–Crippen LogP) is 2.21. The highest BCUT2D eigenvalue weighted by molar-refractivity contribution is 5.74.